The highest BCUT2D eigenvalue weighted by atomic mass is 32.2. The third-order valence-electron chi connectivity index (χ3n) is 2.04. The molecule has 0 atom stereocenters. The molecule has 0 amide bonds. The predicted octanol–water partition coefficient (Wildman–Crippen LogP) is 2.58. The van der Waals surface area contributed by atoms with Gasteiger partial charge >= 0.3 is 0 Å². The summed E-state index contributed by atoms with van der Waals surface area (Å²) >= 11 is 1.34. The predicted molar refractivity (Wildman–Crippen MR) is 58.4 cm³/mol. The Kier molecular flexibility index (Phi) is 2.93. The number of aryl methyl sites for hydroxylation is 1. The number of hydrogen-bond donors (Lipinski definition) is 0. The van der Waals surface area contributed by atoms with Gasteiger partial charge in [0.05, 0.1) is 5.56 Å². The van der Waals surface area contributed by atoms with E-state index in [-0.39, 0.29) is 0 Å². The molecule has 0 N–H and O–H groups in total. The van der Waals surface area contributed by atoms with Gasteiger partial charge in [0, 0.05) is 24.3 Å². The van der Waals surface area contributed by atoms with E-state index in [4.69, 9.17) is 5.26 Å². The van der Waals surface area contributed by atoms with Gasteiger partial charge in [-0.05, 0) is 18.2 Å². The first-order chi connectivity index (χ1) is 7.70. The number of aromatic nitrogens is 2. The summed E-state index contributed by atoms with van der Waals surface area (Å²) in [5.74, 6) is -0.402. The van der Waals surface area contributed by atoms with Crippen molar-refractivity contribution in [3.05, 3.63) is 42.0 Å². The molecule has 0 unspecified atom stereocenters. The van der Waals surface area contributed by atoms with Crippen LogP contribution in [-0.2, 0) is 7.05 Å². The van der Waals surface area contributed by atoms with Gasteiger partial charge in [0.2, 0.25) is 0 Å². The Balaban J connectivity index is 2.36. The van der Waals surface area contributed by atoms with Crippen LogP contribution < -0.4 is 0 Å². The highest BCUT2D eigenvalue weighted by molar-refractivity contribution is 7.99. The number of rotatable bonds is 2. The molecule has 0 spiro atoms. The summed E-state index contributed by atoms with van der Waals surface area (Å²) in [6.45, 7) is 0. The number of halogens is 1. The molecule has 1 aromatic heterocycles. The molecule has 0 bridgehead atoms. The van der Waals surface area contributed by atoms with Crippen LogP contribution in [0, 0.1) is 17.1 Å². The fourth-order valence-corrected chi connectivity index (χ4v) is 2.09. The summed E-state index contributed by atoms with van der Waals surface area (Å²) in [6.07, 6.45) is 3.50. The van der Waals surface area contributed by atoms with Crippen molar-refractivity contribution < 1.29 is 4.39 Å². The molecule has 3 nitrogen and oxygen atoms in total. The molecule has 2 rings (SSSR count). The zero-order valence-corrected chi connectivity index (χ0v) is 9.33. The SMILES string of the molecule is Cn1ccnc1Sc1ccc(F)cc1C#N. The summed E-state index contributed by atoms with van der Waals surface area (Å²) in [7, 11) is 1.87. The average Bonchev–Trinajstić information content (AvgIpc) is 2.67. The molecule has 0 aliphatic heterocycles. The van der Waals surface area contributed by atoms with Crippen LogP contribution in [0.2, 0.25) is 0 Å². The Hall–Kier alpha value is -1.80. The van der Waals surface area contributed by atoms with E-state index in [2.05, 4.69) is 4.98 Å². The lowest BCUT2D eigenvalue weighted by Gasteiger charge is -2.03. The standard InChI is InChI=1S/C11H8FN3S/c1-15-5-4-14-11(15)16-10-3-2-9(12)6-8(10)7-13/h2-6H,1H3. The lowest BCUT2D eigenvalue weighted by Crippen LogP contribution is -1.90. The van der Waals surface area contributed by atoms with Crippen LogP contribution in [0.4, 0.5) is 4.39 Å². The summed E-state index contributed by atoms with van der Waals surface area (Å²) in [5, 5.41) is 9.65. The molecule has 0 saturated carbocycles. The fraction of sp³-hybridized carbons (Fsp3) is 0.0909. The van der Waals surface area contributed by atoms with Gasteiger partial charge < -0.3 is 4.57 Å². The van der Waals surface area contributed by atoms with Crippen molar-refractivity contribution in [2.24, 2.45) is 7.05 Å². The third kappa shape index (κ3) is 2.07. The van der Waals surface area contributed by atoms with Crippen LogP contribution >= 0.6 is 11.8 Å². The van der Waals surface area contributed by atoms with Gasteiger partial charge in [-0.2, -0.15) is 5.26 Å². The summed E-state index contributed by atoms with van der Waals surface area (Å²) in [5.41, 5.74) is 0.327. The molecule has 0 aliphatic carbocycles. The second kappa shape index (κ2) is 4.37. The van der Waals surface area contributed by atoms with Crippen LogP contribution in [0.15, 0.2) is 40.6 Å². The van der Waals surface area contributed by atoms with E-state index in [9.17, 15) is 4.39 Å². The van der Waals surface area contributed by atoms with Gasteiger partial charge in [0.1, 0.15) is 11.9 Å². The zero-order chi connectivity index (χ0) is 11.5. The van der Waals surface area contributed by atoms with Gasteiger partial charge in [-0.1, -0.05) is 11.8 Å². The van der Waals surface area contributed by atoms with Crippen LogP contribution in [0.25, 0.3) is 0 Å². The van der Waals surface area contributed by atoms with E-state index < -0.39 is 5.82 Å². The third-order valence-corrected chi connectivity index (χ3v) is 3.19. The lowest BCUT2D eigenvalue weighted by molar-refractivity contribution is 0.626. The maximum Gasteiger partial charge on any atom is 0.172 e. The molecule has 0 aliphatic rings. The monoisotopic (exact) mass is 233 g/mol. The van der Waals surface area contributed by atoms with Gasteiger partial charge in [0.15, 0.2) is 5.16 Å². The number of nitriles is 1. The quantitative estimate of drug-likeness (QED) is 0.800. The highest BCUT2D eigenvalue weighted by Crippen LogP contribution is 2.28. The summed E-state index contributed by atoms with van der Waals surface area (Å²) in [6, 6.07) is 6.13. The largest absolute Gasteiger partial charge is 0.329 e. The second-order valence-electron chi connectivity index (χ2n) is 3.18. The number of imidazole rings is 1. The van der Waals surface area contributed by atoms with Gasteiger partial charge in [-0.3, -0.25) is 0 Å². The van der Waals surface area contributed by atoms with Gasteiger partial charge in [0.25, 0.3) is 0 Å². The number of nitrogens with zero attached hydrogens (tertiary/aromatic N) is 3. The minimum Gasteiger partial charge on any atom is -0.329 e. The Bertz CT molecular complexity index is 557. The van der Waals surface area contributed by atoms with Crippen molar-refractivity contribution in [3.8, 4) is 6.07 Å². The van der Waals surface area contributed by atoms with Crippen LogP contribution in [0.3, 0.4) is 0 Å². The lowest BCUT2D eigenvalue weighted by atomic mass is 10.2. The molecular weight excluding hydrogens is 225 g/mol. The van der Waals surface area contributed by atoms with E-state index in [0.29, 0.717) is 10.5 Å². The van der Waals surface area contributed by atoms with E-state index in [1.165, 1.54) is 23.9 Å². The minimum atomic E-state index is -0.402. The van der Waals surface area contributed by atoms with E-state index >= 15 is 0 Å². The van der Waals surface area contributed by atoms with Crippen molar-refractivity contribution in [2.45, 2.75) is 10.1 Å². The van der Waals surface area contributed by atoms with Crippen LogP contribution in [0.5, 0.6) is 0 Å². The Morgan fingerprint density at radius 2 is 2.31 bits per heavy atom. The number of hydrogen-bond acceptors (Lipinski definition) is 3. The second-order valence-corrected chi connectivity index (χ2v) is 4.18. The maximum absolute atomic E-state index is 12.9. The molecule has 0 radical (unpaired) electrons. The Morgan fingerprint density at radius 3 is 2.94 bits per heavy atom. The van der Waals surface area contributed by atoms with Crippen molar-refractivity contribution in [2.75, 3.05) is 0 Å². The molecule has 1 heterocycles. The fourth-order valence-electron chi connectivity index (χ4n) is 1.23. The molecular formula is C11H8FN3S. The van der Waals surface area contributed by atoms with E-state index in [0.717, 1.165) is 5.16 Å². The van der Waals surface area contributed by atoms with Crippen molar-refractivity contribution >= 4 is 11.8 Å². The first-order valence-electron chi connectivity index (χ1n) is 4.55. The van der Waals surface area contributed by atoms with Crippen LogP contribution in [0.1, 0.15) is 5.56 Å². The molecule has 80 valence electrons. The minimum absolute atomic E-state index is 0.327. The topological polar surface area (TPSA) is 41.6 Å². The average molecular weight is 233 g/mol. The zero-order valence-electron chi connectivity index (χ0n) is 8.51. The van der Waals surface area contributed by atoms with Gasteiger partial charge in [-0.15, -0.1) is 0 Å². The Morgan fingerprint density at radius 1 is 1.50 bits per heavy atom. The maximum atomic E-state index is 12.9. The molecule has 16 heavy (non-hydrogen) atoms. The Labute approximate surface area is 96.5 Å². The molecule has 5 heteroatoms. The first-order valence-corrected chi connectivity index (χ1v) is 5.37. The van der Waals surface area contributed by atoms with Gasteiger partial charge in [-0.25, -0.2) is 9.37 Å². The normalized spacial score (nSPS) is 10.1. The van der Waals surface area contributed by atoms with Crippen molar-refractivity contribution in [3.63, 3.8) is 0 Å². The van der Waals surface area contributed by atoms with Crippen LogP contribution in [-0.4, -0.2) is 9.55 Å². The highest BCUT2D eigenvalue weighted by Gasteiger charge is 2.08. The molecule has 0 fully saturated rings. The molecule has 2 aromatic rings. The smallest absolute Gasteiger partial charge is 0.172 e. The number of benzene rings is 1. The molecule has 1 aromatic carbocycles. The van der Waals surface area contributed by atoms with E-state index in [1.807, 2.05) is 23.9 Å². The van der Waals surface area contributed by atoms with E-state index in [1.54, 1.807) is 12.3 Å². The van der Waals surface area contributed by atoms with Crippen molar-refractivity contribution in [1.82, 2.24) is 9.55 Å². The summed E-state index contributed by atoms with van der Waals surface area (Å²) in [4.78, 5) is 4.84. The van der Waals surface area contributed by atoms with Crippen molar-refractivity contribution in [1.29, 1.82) is 5.26 Å². The summed E-state index contributed by atoms with van der Waals surface area (Å²) < 4.78 is 14.8. The molecule has 0 saturated heterocycles. The first kappa shape index (κ1) is 10.7.